The fourth-order valence-corrected chi connectivity index (χ4v) is 1.94. The second kappa shape index (κ2) is 5.44. The molecule has 0 spiro atoms. The van der Waals surface area contributed by atoms with Crippen LogP contribution >= 0.6 is 0 Å². The number of Topliss-reactive ketones (excluding diaryl/α,β-unsaturated/α-hetero) is 1. The molecule has 0 aromatic heterocycles. The molecule has 1 aliphatic rings. The van der Waals surface area contributed by atoms with E-state index in [1.165, 1.54) is 25.3 Å². The Morgan fingerprint density at radius 2 is 1.84 bits per heavy atom. The molecule has 0 N–H and O–H groups in total. The van der Waals surface area contributed by atoms with E-state index in [1.54, 1.807) is 30.3 Å². The van der Waals surface area contributed by atoms with Crippen molar-refractivity contribution in [2.75, 3.05) is 7.11 Å². The largest absolute Gasteiger partial charge is 0.466 e. The van der Waals surface area contributed by atoms with Crippen LogP contribution in [0.2, 0.25) is 0 Å². The zero-order chi connectivity index (χ0) is 13.8. The molecule has 0 amide bonds. The lowest BCUT2D eigenvalue weighted by Gasteiger charge is -2.17. The predicted octanol–water partition coefficient (Wildman–Crippen LogP) is 1.72. The number of hydrogen-bond donors (Lipinski definition) is 0. The fourth-order valence-electron chi connectivity index (χ4n) is 1.94. The van der Waals surface area contributed by atoms with Crippen molar-refractivity contribution >= 4 is 17.5 Å². The van der Waals surface area contributed by atoms with Gasteiger partial charge in [0.25, 0.3) is 0 Å². The number of carbonyl (C=O) groups excluding carboxylic acids is 3. The zero-order valence-corrected chi connectivity index (χ0v) is 10.3. The summed E-state index contributed by atoms with van der Waals surface area (Å²) in [6, 6.07) is 8.41. The Bertz CT molecular complexity index is 581. The van der Waals surface area contributed by atoms with Gasteiger partial charge < -0.3 is 4.74 Å². The van der Waals surface area contributed by atoms with Gasteiger partial charge in [-0.2, -0.15) is 0 Å². The van der Waals surface area contributed by atoms with Crippen LogP contribution in [0.4, 0.5) is 0 Å². The van der Waals surface area contributed by atoms with E-state index in [0.29, 0.717) is 5.56 Å². The van der Waals surface area contributed by atoms with Crippen molar-refractivity contribution in [1.29, 1.82) is 0 Å². The highest BCUT2D eigenvalue weighted by molar-refractivity contribution is 6.21. The summed E-state index contributed by atoms with van der Waals surface area (Å²) in [5.74, 6) is -2.57. The second-order valence-corrected chi connectivity index (χ2v) is 4.04. The molecule has 0 radical (unpaired) electrons. The summed E-state index contributed by atoms with van der Waals surface area (Å²) in [6.45, 7) is 0. The summed E-state index contributed by atoms with van der Waals surface area (Å²) < 4.78 is 4.61. The zero-order valence-electron chi connectivity index (χ0n) is 10.3. The van der Waals surface area contributed by atoms with Crippen LogP contribution in [-0.4, -0.2) is 24.6 Å². The molecular formula is C15H12O4. The molecular weight excluding hydrogens is 244 g/mol. The highest BCUT2D eigenvalue weighted by Crippen LogP contribution is 2.23. The third kappa shape index (κ3) is 2.52. The average Bonchev–Trinajstić information content (AvgIpc) is 2.46. The van der Waals surface area contributed by atoms with Gasteiger partial charge in [0.1, 0.15) is 5.92 Å². The van der Waals surface area contributed by atoms with E-state index < -0.39 is 23.5 Å². The van der Waals surface area contributed by atoms with Crippen LogP contribution in [0.5, 0.6) is 0 Å². The minimum atomic E-state index is -1.11. The van der Waals surface area contributed by atoms with Gasteiger partial charge in [0.05, 0.1) is 12.7 Å². The highest BCUT2D eigenvalue weighted by Gasteiger charge is 2.35. The van der Waals surface area contributed by atoms with Gasteiger partial charge in [0, 0.05) is 5.56 Å². The van der Waals surface area contributed by atoms with E-state index in [2.05, 4.69) is 4.74 Å². The topological polar surface area (TPSA) is 60.4 Å². The van der Waals surface area contributed by atoms with Gasteiger partial charge in [-0.05, 0) is 6.08 Å². The van der Waals surface area contributed by atoms with Crippen molar-refractivity contribution in [3.05, 3.63) is 59.7 Å². The Kier molecular flexibility index (Phi) is 3.71. The van der Waals surface area contributed by atoms with E-state index in [9.17, 15) is 14.4 Å². The molecule has 0 bridgehead atoms. The lowest BCUT2D eigenvalue weighted by Crippen LogP contribution is -2.30. The van der Waals surface area contributed by atoms with Crippen LogP contribution < -0.4 is 0 Å². The molecule has 1 aliphatic carbocycles. The van der Waals surface area contributed by atoms with Gasteiger partial charge in [-0.1, -0.05) is 42.5 Å². The van der Waals surface area contributed by atoms with Crippen molar-refractivity contribution in [2.24, 2.45) is 5.92 Å². The minimum absolute atomic E-state index is 0.0730. The molecule has 0 fully saturated rings. The van der Waals surface area contributed by atoms with Crippen LogP contribution in [-0.2, 0) is 14.3 Å². The number of hydrogen-bond acceptors (Lipinski definition) is 4. The molecule has 0 saturated heterocycles. The van der Waals surface area contributed by atoms with Crippen LogP contribution in [0.15, 0.2) is 54.1 Å². The molecule has 2 rings (SSSR count). The number of ketones is 2. The van der Waals surface area contributed by atoms with Gasteiger partial charge in [-0.15, -0.1) is 0 Å². The van der Waals surface area contributed by atoms with Gasteiger partial charge >= 0.3 is 5.97 Å². The van der Waals surface area contributed by atoms with Gasteiger partial charge in [-0.3, -0.25) is 9.59 Å². The molecule has 0 aliphatic heterocycles. The van der Waals surface area contributed by atoms with Gasteiger partial charge in [0.2, 0.25) is 0 Å². The first kappa shape index (κ1) is 13.0. The van der Waals surface area contributed by atoms with E-state index in [0.717, 1.165) is 0 Å². The van der Waals surface area contributed by atoms with Crippen LogP contribution in [0, 0.1) is 5.92 Å². The Balaban J connectivity index is 2.38. The van der Waals surface area contributed by atoms with Crippen molar-refractivity contribution in [2.45, 2.75) is 0 Å². The maximum Gasteiger partial charge on any atom is 0.334 e. The van der Waals surface area contributed by atoms with E-state index in [4.69, 9.17) is 0 Å². The number of carbonyl (C=O) groups is 3. The second-order valence-electron chi connectivity index (χ2n) is 4.04. The molecule has 1 unspecified atom stereocenters. The number of rotatable bonds is 3. The van der Waals surface area contributed by atoms with Crippen molar-refractivity contribution < 1.29 is 19.1 Å². The standard InChI is InChI=1S/C15H12O4/c1-19-15(18)11-8-5-9-12(16)13(11)14(17)10-6-3-2-4-7-10/h2-9,13H,1H3. The Labute approximate surface area is 110 Å². The minimum Gasteiger partial charge on any atom is -0.466 e. The summed E-state index contributed by atoms with van der Waals surface area (Å²) in [5.41, 5.74) is 0.467. The van der Waals surface area contributed by atoms with Gasteiger partial charge in [0.15, 0.2) is 11.6 Å². The van der Waals surface area contributed by atoms with E-state index in [-0.39, 0.29) is 5.57 Å². The number of ether oxygens (including phenoxy) is 1. The first-order valence-electron chi connectivity index (χ1n) is 5.75. The Hall–Kier alpha value is -2.49. The summed E-state index contributed by atoms with van der Waals surface area (Å²) in [4.78, 5) is 35.9. The monoisotopic (exact) mass is 256 g/mol. The molecule has 1 atom stereocenters. The van der Waals surface area contributed by atoms with Gasteiger partial charge in [-0.25, -0.2) is 4.79 Å². The van der Waals surface area contributed by atoms with Crippen molar-refractivity contribution in [1.82, 2.24) is 0 Å². The Morgan fingerprint density at radius 1 is 1.16 bits per heavy atom. The molecule has 1 aromatic carbocycles. The van der Waals surface area contributed by atoms with Crippen LogP contribution in [0.1, 0.15) is 10.4 Å². The highest BCUT2D eigenvalue weighted by atomic mass is 16.5. The third-order valence-electron chi connectivity index (χ3n) is 2.87. The maximum absolute atomic E-state index is 12.3. The average molecular weight is 256 g/mol. The van der Waals surface area contributed by atoms with Crippen molar-refractivity contribution in [3.8, 4) is 0 Å². The van der Waals surface area contributed by atoms with Crippen molar-refractivity contribution in [3.63, 3.8) is 0 Å². The van der Waals surface area contributed by atoms with E-state index >= 15 is 0 Å². The fraction of sp³-hybridized carbons (Fsp3) is 0.133. The van der Waals surface area contributed by atoms with E-state index in [1.807, 2.05) is 0 Å². The SMILES string of the molecule is COC(=O)C1=CC=CC(=O)C1C(=O)c1ccccc1. The maximum atomic E-state index is 12.3. The predicted molar refractivity (Wildman–Crippen MR) is 68.5 cm³/mol. The smallest absolute Gasteiger partial charge is 0.334 e. The molecule has 0 saturated carbocycles. The van der Waals surface area contributed by atoms with Crippen LogP contribution in [0.25, 0.3) is 0 Å². The summed E-state index contributed by atoms with van der Waals surface area (Å²) in [6.07, 6.45) is 4.18. The number of benzene rings is 1. The lowest BCUT2D eigenvalue weighted by molar-refractivity contribution is -0.137. The molecule has 0 heterocycles. The third-order valence-corrected chi connectivity index (χ3v) is 2.87. The summed E-state index contributed by atoms with van der Waals surface area (Å²) in [7, 11) is 1.22. The first-order valence-corrected chi connectivity index (χ1v) is 5.75. The summed E-state index contributed by atoms with van der Waals surface area (Å²) in [5, 5.41) is 0. The van der Waals surface area contributed by atoms with Crippen LogP contribution in [0.3, 0.4) is 0 Å². The number of esters is 1. The lowest BCUT2D eigenvalue weighted by atomic mass is 9.84. The molecule has 19 heavy (non-hydrogen) atoms. The summed E-state index contributed by atoms with van der Waals surface area (Å²) >= 11 is 0. The number of allylic oxidation sites excluding steroid dienone is 3. The molecule has 96 valence electrons. The molecule has 4 nitrogen and oxygen atoms in total. The quantitative estimate of drug-likeness (QED) is 0.469. The molecule has 4 heteroatoms. The Morgan fingerprint density at radius 3 is 2.47 bits per heavy atom. The first-order chi connectivity index (χ1) is 9.15. The number of methoxy groups -OCH3 is 1. The normalized spacial score (nSPS) is 17.8. The molecule has 1 aromatic rings.